The summed E-state index contributed by atoms with van der Waals surface area (Å²) in [5.41, 5.74) is 1.52. The number of aliphatic hydroxyl groups excluding tert-OH is 1. The largest absolute Gasteiger partial charge is 0.458 e. The highest BCUT2D eigenvalue weighted by Crippen LogP contribution is 2.27. The molecule has 3 rings (SSSR count). The molecule has 0 spiro atoms. The first-order chi connectivity index (χ1) is 9.61. The number of fused-ring (bicyclic) bond motifs is 1. The Bertz CT molecular complexity index is 734. The van der Waals surface area contributed by atoms with Crippen LogP contribution in [0.5, 0.6) is 0 Å². The zero-order chi connectivity index (χ0) is 14.1. The molecule has 0 radical (unpaired) electrons. The fourth-order valence-electron chi connectivity index (χ4n) is 2.14. The standard InChI is InChI=1S/C16H12ClFO2/c17-12-3-1-10(2-4-12)7-14(19)16-9-11-8-13(18)5-6-15(11)20-16/h1-6,8-9,14,19H,7H2. The van der Waals surface area contributed by atoms with Crippen molar-refractivity contribution in [1.82, 2.24) is 0 Å². The van der Waals surface area contributed by atoms with Crippen LogP contribution in [0.1, 0.15) is 17.4 Å². The Hall–Kier alpha value is -1.84. The number of aliphatic hydroxyl groups is 1. The van der Waals surface area contributed by atoms with Gasteiger partial charge in [0.1, 0.15) is 23.3 Å². The van der Waals surface area contributed by atoms with E-state index in [2.05, 4.69) is 0 Å². The molecule has 0 fully saturated rings. The molecule has 0 aliphatic carbocycles. The summed E-state index contributed by atoms with van der Waals surface area (Å²) >= 11 is 5.82. The molecule has 0 bridgehead atoms. The maximum absolute atomic E-state index is 13.1. The summed E-state index contributed by atoms with van der Waals surface area (Å²) in [6, 6.07) is 13.2. The maximum Gasteiger partial charge on any atom is 0.134 e. The first kappa shape index (κ1) is 13.2. The fraction of sp³-hybridized carbons (Fsp3) is 0.125. The van der Waals surface area contributed by atoms with Crippen molar-refractivity contribution in [3.05, 3.63) is 70.7 Å². The van der Waals surface area contributed by atoms with E-state index in [0.29, 0.717) is 28.2 Å². The van der Waals surface area contributed by atoms with Gasteiger partial charge in [-0.05, 0) is 42.0 Å². The molecule has 0 aliphatic rings. The van der Waals surface area contributed by atoms with Crippen LogP contribution < -0.4 is 0 Å². The summed E-state index contributed by atoms with van der Waals surface area (Å²) in [6.07, 6.45) is -0.355. The van der Waals surface area contributed by atoms with Crippen LogP contribution in [0.2, 0.25) is 5.02 Å². The lowest BCUT2D eigenvalue weighted by molar-refractivity contribution is 0.152. The lowest BCUT2D eigenvalue weighted by Crippen LogP contribution is -2.00. The molecule has 1 heterocycles. The Morgan fingerprint density at radius 3 is 2.60 bits per heavy atom. The normalized spacial score (nSPS) is 12.8. The summed E-state index contributed by atoms with van der Waals surface area (Å²) in [6.45, 7) is 0. The van der Waals surface area contributed by atoms with E-state index in [1.807, 2.05) is 12.1 Å². The molecule has 0 saturated carbocycles. The van der Waals surface area contributed by atoms with Gasteiger partial charge in [-0.25, -0.2) is 4.39 Å². The molecule has 4 heteroatoms. The molecule has 0 aliphatic heterocycles. The molecule has 3 aromatic rings. The smallest absolute Gasteiger partial charge is 0.134 e. The molecule has 2 nitrogen and oxygen atoms in total. The highest BCUT2D eigenvalue weighted by Gasteiger charge is 2.14. The Labute approximate surface area is 120 Å². The molecule has 1 aromatic heterocycles. The van der Waals surface area contributed by atoms with Crippen LogP contribution in [0.4, 0.5) is 4.39 Å². The van der Waals surface area contributed by atoms with Crippen LogP contribution in [0.15, 0.2) is 52.9 Å². The van der Waals surface area contributed by atoms with Crippen LogP contribution in [0.3, 0.4) is 0 Å². The van der Waals surface area contributed by atoms with Crippen LogP contribution >= 0.6 is 11.6 Å². The minimum absolute atomic E-state index is 0.322. The molecule has 20 heavy (non-hydrogen) atoms. The molecule has 1 unspecified atom stereocenters. The van der Waals surface area contributed by atoms with Gasteiger partial charge in [0, 0.05) is 16.8 Å². The number of benzene rings is 2. The number of rotatable bonds is 3. The third-order valence-corrected chi connectivity index (χ3v) is 3.42. The van der Waals surface area contributed by atoms with Gasteiger partial charge in [-0.2, -0.15) is 0 Å². The van der Waals surface area contributed by atoms with Crippen molar-refractivity contribution in [2.45, 2.75) is 12.5 Å². The molecule has 1 atom stereocenters. The predicted octanol–water partition coefficient (Wildman–Crippen LogP) is 4.50. The summed E-state index contributed by atoms with van der Waals surface area (Å²) < 4.78 is 18.7. The molecule has 0 amide bonds. The van der Waals surface area contributed by atoms with Crippen molar-refractivity contribution >= 4 is 22.6 Å². The summed E-state index contributed by atoms with van der Waals surface area (Å²) in [5.74, 6) is 0.109. The second-order valence-corrected chi connectivity index (χ2v) is 5.11. The molecular formula is C16H12ClFO2. The van der Waals surface area contributed by atoms with E-state index >= 15 is 0 Å². The van der Waals surface area contributed by atoms with Crippen LogP contribution in [-0.4, -0.2) is 5.11 Å². The van der Waals surface area contributed by atoms with E-state index in [-0.39, 0.29) is 5.82 Å². The molecule has 2 aromatic carbocycles. The maximum atomic E-state index is 13.1. The van der Waals surface area contributed by atoms with E-state index in [1.165, 1.54) is 12.1 Å². The van der Waals surface area contributed by atoms with E-state index in [9.17, 15) is 9.50 Å². The third kappa shape index (κ3) is 2.69. The van der Waals surface area contributed by atoms with Gasteiger partial charge in [-0.1, -0.05) is 23.7 Å². The Morgan fingerprint density at radius 2 is 1.85 bits per heavy atom. The SMILES string of the molecule is OC(Cc1ccc(Cl)cc1)c1cc2cc(F)ccc2o1. The molecule has 102 valence electrons. The van der Waals surface area contributed by atoms with Crippen LogP contribution in [0.25, 0.3) is 11.0 Å². The summed E-state index contributed by atoms with van der Waals surface area (Å²) in [5, 5.41) is 11.5. The predicted molar refractivity (Wildman–Crippen MR) is 76.3 cm³/mol. The summed E-state index contributed by atoms with van der Waals surface area (Å²) in [4.78, 5) is 0. The number of halogens is 2. The zero-order valence-corrected chi connectivity index (χ0v) is 11.3. The van der Waals surface area contributed by atoms with Gasteiger partial charge in [-0.3, -0.25) is 0 Å². The van der Waals surface area contributed by atoms with Crippen LogP contribution in [-0.2, 0) is 6.42 Å². The lowest BCUT2D eigenvalue weighted by atomic mass is 10.1. The highest BCUT2D eigenvalue weighted by atomic mass is 35.5. The topological polar surface area (TPSA) is 33.4 Å². The van der Waals surface area contributed by atoms with Gasteiger partial charge in [0.05, 0.1) is 0 Å². The van der Waals surface area contributed by atoms with Crippen molar-refractivity contribution in [3.63, 3.8) is 0 Å². The monoisotopic (exact) mass is 290 g/mol. The first-order valence-corrected chi connectivity index (χ1v) is 6.61. The molecule has 1 N–H and O–H groups in total. The van der Waals surface area contributed by atoms with E-state index in [1.54, 1.807) is 24.3 Å². The Kier molecular flexibility index (Phi) is 3.47. The van der Waals surface area contributed by atoms with Crippen molar-refractivity contribution in [1.29, 1.82) is 0 Å². The Morgan fingerprint density at radius 1 is 1.10 bits per heavy atom. The van der Waals surface area contributed by atoms with Gasteiger partial charge in [0.25, 0.3) is 0 Å². The number of hydrogen-bond donors (Lipinski definition) is 1. The van der Waals surface area contributed by atoms with Gasteiger partial charge in [0.2, 0.25) is 0 Å². The van der Waals surface area contributed by atoms with E-state index in [4.69, 9.17) is 16.0 Å². The van der Waals surface area contributed by atoms with E-state index in [0.717, 1.165) is 5.56 Å². The van der Waals surface area contributed by atoms with Crippen molar-refractivity contribution in [2.75, 3.05) is 0 Å². The van der Waals surface area contributed by atoms with E-state index < -0.39 is 6.10 Å². The first-order valence-electron chi connectivity index (χ1n) is 6.23. The van der Waals surface area contributed by atoms with Gasteiger partial charge in [0.15, 0.2) is 0 Å². The summed E-state index contributed by atoms with van der Waals surface area (Å²) in [7, 11) is 0. The van der Waals surface area contributed by atoms with Gasteiger partial charge in [-0.15, -0.1) is 0 Å². The van der Waals surface area contributed by atoms with Crippen molar-refractivity contribution in [3.8, 4) is 0 Å². The minimum Gasteiger partial charge on any atom is -0.458 e. The average Bonchev–Trinajstić information content (AvgIpc) is 2.84. The average molecular weight is 291 g/mol. The second-order valence-electron chi connectivity index (χ2n) is 4.68. The molecule has 0 saturated heterocycles. The van der Waals surface area contributed by atoms with Crippen molar-refractivity contribution in [2.24, 2.45) is 0 Å². The number of hydrogen-bond acceptors (Lipinski definition) is 2. The Balaban J connectivity index is 1.84. The highest BCUT2D eigenvalue weighted by molar-refractivity contribution is 6.30. The number of furan rings is 1. The zero-order valence-electron chi connectivity index (χ0n) is 10.5. The quantitative estimate of drug-likeness (QED) is 0.770. The van der Waals surface area contributed by atoms with Crippen molar-refractivity contribution < 1.29 is 13.9 Å². The van der Waals surface area contributed by atoms with Gasteiger partial charge >= 0.3 is 0 Å². The minimum atomic E-state index is -0.772. The van der Waals surface area contributed by atoms with Crippen LogP contribution in [0, 0.1) is 5.82 Å². The fourth-order valence-corrected chi connectivity index (χ4v) is 2.27. The molecular weight excluding hydrogens is 279 g/mol. The van der Waals surface area contributed by atoms with Gasteiger partial charge < -0.3 is 9.52 Å². The second kappa shape index (κ2) is 5.27. The lowest BCUT2D eigenvalue weighted by Gasteiger charge is -2.07. The third-order valence-electron chi connectivity index (χ3n) is 3.17.